The fraction of sp³-hybridized carbons (Fsp3) is 0.333. The fourth-order valence-electron chi connectivity index (χ4n) is 4.11. The number of nitrogens with zero attached hydrogens (tertiary/aromatic N) is 5. The Morgan fingerprint density at radius 3 is 2.81 bits per heavy atom. The topological polar surface area (TPSA) is 95.6 Å². The molecule has 0 unspecified atom stereocenters. The molecule has 0 bridgehead atoms. The van der Waals surface area contributed by atoms with E-state index in [0.717, 1.165) is 30.8 Å². The van der Waals surface area contributed by atoms with Gasteiger partial charge in [0.1, 0.15) is 23.4 Å². The third-order valence-electron chi connectivity index (χ3n) is 5.45. The van der Waals surface area contributed by atoms with Gasteiger partial charge in [0.05, 0.1) is 12.2 Å². The molecular weight excluding hydrogens is 405 g/mol. The van der Waals surface area contributed by atoms with E-state index >= 15 is 0 Å². The number of benzene rings is 1. The Morgan fingerprint density at radius 1 is 1.26 bits per heavy atom. The van der Waals surface area contributed by atoms with Crippen molar-refractivity contribution in [2.75, 3.05) is 13.1 Å². The summed E-state index contributed by atoms with van der Waals surface area (Å²) in [7, 11) is 0. The number of imidazole rings is 1. The van der Waals surface area contributed by atoms with Crippen LogP contribution < -0.4 is 9.47 Å². The minimum Gasteiger partial charge on any atom is -0.439 e. The van der Waals surface area contributed by atoms with Crippen molar-refractivity contribution < 1.29 is 18.8 Å². The van der Waals surface area contributed by atoms with Gasteiger partial charge < -0.3 is 19.6 Å². The van der Waals surface area contributed by atoms with Gasteiger partial charge in [0.2, 0.25) is 5.88 Å². The van der Waals surface area contributed by atoms with E-state index < -0.39 is 10.5 Å². The second kappa shape index (κ2) is 7.31. The molecule has 0 N–H and O–H groups in total. The van der Waals surface area contributed by atoms with Crippen LogP contribution in [0.25, 0.3) is 0 Å². The van der Waals surface area contributed by atoms with E-state index in [2.05, 4.69) is 14.9 Å². The van der Waals surface area contributed by atoms with Crippen molar-refractivity contribution in [3.63, 3.8) is 0 Å². The smallest absolute Gasteiger partial charge is 0.415 e. The van der Waals surface area contributed by atoms with Gasteiger partial charge >= 0.3 is 11.8 Å². The van der Waals surface area contributed by atoms with Gasteiger partial charge in [-0.1, -0.05) is 6.07 Å². The van der Waals surface area contributed by atoms with Crippen LogP contribution in [0.15, 0.2) is 42.6 Å². The number of aromatic nitrogens is 3. The Kier molecular flexibility index (Phi) is 4.58. The average molecular weight is 425 g/mol. The van der Waals surface area contributed by atoms with Gasteiger partial charge in [-0.2, -0.15) is 0 Å². The van der Waals surface area contributed by atoms with Crippen LogP contribution in [0.4, 0.5) is 10.2 Å². The van der Waals surface area contributed by atoms with Gasteiger partial charge in [-0.25, -0.2) is 9.37 Å². The molecule has 5 rings (SSSR count). The highest BCUT2D eigenvalue weighted by Crippen LogP contribution is 2.33. The fourth-order valence-corrected chi connectivity index (χ4v) is 4.11. The zero-order valence-electron chi connectivity index (χ0n) is 16.8. The van der Waals surface area contributed by atoms with Crippen LogP contribution in [-0.4, -0.2) is 43.0 Å². The van der Waals surface area contributed by atoms with Crippen molar-refractivity contribution in [1.29, 1.82) is 0 Å². The molecule has 2 aliphatic heterocycles. The lowest BCUT2D eigenvalue weighted by molar-refractivity contribution is -0.389. The highest BCUT2D eigenvalue weighted by molar-refractivity contribution is 5.32. The quantitative estimate of drug-likeness (QED) is 0.457. The lowest BCUT2D eigenvalue weighted by atomic mass is 10.0. The molecule has 0 amide bonds. The van der Waals surface area contributed by atoms with Gasteiger partial charge in [-0.05, 0) is 41.7 Å². The van der Waals surface area contributed by atoms with E-state index in [1.54, 1.807) is 16.7 Å². The maximum atomic E-state index is 13.1. The van der Waals surface area contributed by atoms with Crippen molar-refractivity contribution >= 4 is 5.82 Å². The summed E-state index contributed by atoms with van der Waals surface area (Å²) < 4.78 is 26.4. The van der Waals surface area contributed by atoms with E-state index in [4.69, 9.17) is 9.47 Å². The second-order valence-electron chi connectivity index (χ2n) is 8.09. The minimum absolute atomic E-state index is 0.200. The number of hydrogen-bond acceptors (Lipinski definition) is 7. The maximum absolute atomic E-state index is 13.1. The first kappa shape index (κ1) is 19.4. The lowest BCUT2D eigenvalue weighted by Gasteiger charge is -2.34. The van der Waals surface area contributed by atoms with Crippen LogP contribution in [0.1, 0.15) is 18.2 Å². The number of rotatable bonds is 5. The summed E-state index contributed by atoms with van der Waals surface area (Å²) >= 11 is 0. The van der Waals surface area contributed by atoms with Crippen LogP contribution in [0.3, 0.4) is 0 Å². The van der Waals surface area contributed by atoms with Gasteiger partial charge in [0, 0.05) is 37.1 Å². The van der Waals surface area contributed by atoms with Crippen molar-refractivity contribution in [3.8, 4) is 17.6 Å². The average Bonchev–Trinajstić information content (AvgIpc) is 3.25. The summed E-state index contributed by atoms with van der Waals surface area (Å²) in [4.78, 5) is 21.2. The summed E-state index contributed by atoms with van der Waals surface area (Å²) in [6.07, 6.45) is 2.18. The number of ether oxygens (including phenoxy) is 2. The van der Waals surface area contributed by atoms with Gasteiger partial charge in [-0.15, -0.1) is 0 Å². The summed E-state index contributed by atoms with van der Waals surface area (Å²) in [6.45, 7) is 4.69. The molecule has 9 nitrogen and oxygen atoms in total. The van der Waals surface area contributed by atoms with Crippen molar-refractivity contribution in [2.24, 2.45) is 0 Å². The first-order chi connectivity index (χ1) is 14.9. The first-order valence-electron chi connectivity index (χ1n) is 9.92. The third kappa shape index (κ3) is 3.93. The molecule has 0 fully saturated rings. The molecule has 0 aliphatic carbocycles. The molecule has 4 heterocycles. The molecule has 0 saturated carbocycles. The van der Waals surface area contributed by atoms with E-state index in [0.29, 0.717) is 24.7 Å². The monoisotopic (exact) mass is 425 g/mol. The Bertz CT molecular complexity index is 1120. The zero-order chi connectivity index (χ0) is 21.6. The molecule has 160 valence electrons. The van der Waals surface area contributed by atoms with E-state index in [-0.39, 0.29) is 17.6 Å². The number of fused-ring (bicyclic) bond motifs is 2. The van der Waals surface area contributed by atoms with Crippen LogP contribution in [0.2, 0.25) is 0 Å². The Hall–Kier alpha value is -3.53. The maximum Gasteiger partial charge on any atom is 0.415 e. The number of nitro groups is 1. The van der Waals surface area contributed by atoms with Crippen LogP contribution in [0.5, 0.6) is 17.6 Å². The van der Waals surface area contributed by atoms with Crippen LogP contribution >= 0.6 is 0 Å². The first-order valence-corrected chi connectivity index (χ1v) is 9.92. The van der Waals surface area contributed by atoms with Crippen molar-refractivity contribution in [3.05, 3.63) is 69.8 Å². The predicted octanol–water partition coefficient (Wildman–Crippen LogP) is 3.33. The van der Waals surface area contributed by atoms with Crippen LogP contribution in [-0.2, 0) is 19.5 Å². The Morgan fingerprint density at radius 2 is 2.06 bits per heavy atom. The predicted molar refractivity (Wildman–Crippen MR) is 108 cm³/mol. The zero-order valence-corrected chi connectivity index (χ0v) is 16.8. The van der Waals surface area contributed by atoms with Crippen molar-refractivity contribution in [2.45, 2.75) is 32.0 Å². The van der Waals surface area contributed by atoms with E-state index in [1.807, 2.05) is 19.1 Å². The molecule has 1 aromatic carbocycles. The molecule has 0 saturated heterocycles. The Balaban J connectivity index is 1.23. The highest BCUT2D eigenvalue weighted by Gasteiger charge is 2.41. The minimum atomic E-state index is -0.519. The van der Waals surface area contributed by atoms with Crippen LogP contribution in [0, 0.1) is 15.9 Å². The summed E-state index contributed by atoms with van der Waals surface area (Å²) in [5, 5.41) is 10.9. The second-order valence-corrected chi connectivity index (χ2v) is 8.09. The molecule has 10 heteroatoms. The highest BCUT2D eigenvalue weighted by atomic mass is 19.1. The largest absolute Gasteiger partial charge is 0.439 e. The molecule has 31 heavy (non-hydrogen) atoms. The summed E-state index contributed by atoms with van der Waals surface area (Å²) in [5.74, 6) is 0.508. The standard InChI is InChI=1S/C21H20FN5O4/c1-21(13-26-11-18(27(28)29)24-20(26)31-21)12-25-9-8-17-14(10-25)2-7-19(23-17)30-16-5-3-15(22)4-6-16/h2-7,11H,8-10,12-13H2,1H3/t21-/m0/s1. The molecule has 2 aromatic heterocycles. The van der Waals surface area contributed by atoms with E-state index in [9.17, 15) is 14.5 Å². The lowest BCUT2D eigenvalue weighted by Crippen LogP contribution is -2.46. The van der Waals surface area contributed by atoms with Gasteiger partial charge in [0.15, 0.2) is 0 Å². The summed E-state index contributed by atoms with van der Waals surface area (Å²) in [6, 6.07) is 9.94. The SMILES string of the molecule is C[C@]1(CN2CCc3nc(Oc4ccc(F)cc4)ccc3C2)Cn2cc([N+](=O)[O-])nc2O1. The van der Waals surface area contributed by atoms with E-state index in [1.165, 1.54) is 18.3 Å². The van der Waals surface area contributed by atoms with Gasteiger partial charge in [0.25, 0.3) is 0 Å². The molecule has 0 radical (unpaired) electrons. The van der Waals surface area contributed by atoms with Gasteiger partial charge in [-0.3, -0.25) is 9.47 Å². The Labute approximate surface area is 177 Å². The third-order valence-corrected chi connectivity index (χ3v) is 5.45. The number of hydrogen-bond donors (Lipinski definition) is 0. The molecule has 3 aromatic rings. The molecular formula is C21H20FN5O4. The number of halogens is 1. The summed E-state index contributed by atoms with van der Waals surface area (Å²) in [5.41, 5.74) is 1.60. The normalized spacial score (nSPS) is 20.1. The molecule has 2 aliphatic rings. The molecule has 0 spiro atoms. The van der Waals surface area contributed by atoms with Crippen molar-refractivity contribution in [1.82, 2.24) is 19.4 Å². The number of pyridine rings is 1. The molecule has 1 atom stereocenters.